The van der Waals surface area contributed by atoms with Crippen molar-refractivity contribution < 1.29 is 31.9 Å². The van der Waals surface area contributed by atoms with Gasteiger partial charge in [-0.1, -0.05) is 55.8 Å². The average molecular weight is 584 g/mol. The zero-order chi connectivity index (χ0) is 29.4. The number of amides is 2. The first-order valence-corrected chi connectivity index (χ1v) is 15.2. The lowest BCUT2D eigenvalue weighted by atomic mass is 10.0. The van der Waals surface area contributed by atoms with Gasteiger partial charge in [0.25, 0.3) is 0 Å². The number of halogens is 1. The Hall–Kier alpha value is -4.12. The molecule has 4 rings (SSSR count). The summed E-state index contributed by atoms with van der Waals surface area (Å²) in [5.41, 5.74) is 1.64. The Morgan fingerprint density at radius 2 is 1.68 bits per heavy atom. The number of fused-ring (bicyclic) bond motifs is 1. The van der Waals surface area contributed by atoms with Gasteiger partial charge in [0.2, 0.25) is 28.6 Å². The molecular formula is C30H34FN3O6S. The smallest absolute Gasteiger partial charge is 0.244 e. The van der Waals surface area contributed by atoms with Gasteiger partial charge < -0.3 is 19.7 Å². The topological polar surface area (TPSA) is 105 Å². The van der Waals surface area contributed by atoms with Gasteiger partial charge in [0.05, 0.1) is 11.9 Å². The van der Waals surface area contributed by atoms with E-state index >= 15 is 0 Å². The monoisotopic (exact) mass is 583 g/mol. The molecule has 1 aliphatic rings. The van der Waals surface area contributed by atoms with E-state index in [2.05, 4.69) is 5.32 Å². The second-order valence-electron chi connectivity index (χ2n) is 9.81. The molecule has 0 aromatic heterocycles. The van der Waals surface area contributed by atoms with Crippen LogP contribution in [0.25, 0.3) is 0 Å². The lowest BCUT2D eigenvalue weighted by molar-refractivity contribution is -0.140. The lowest BCUT2D eigenvalue weighted by Gasteiger charge is -2.33. The van der Waals surface area contributed by atoms with Crippen molar-refractivity contribution in [3.8, 4) is 11.5 Å². The maximum absolute atomic E-state index is 14.1. The van der Waals surface area contributed by atoms with Gasteiger partial charge in [0.1, 0.15) is 18.4 Å². The second kappa shape index (κ2) is 13.5. The highest BCUT2D eigenvalue weighted by atomic mass is 32.2. The van der Waals surface area contributed by atoms with Crippen LogP contribution in [0.2, 0.25) is 0 Å². The molecule has 0 unspecified atom stereocenters. The van der Waals surface area contributed by atoms with Crippen LogP contribution >= 0.6 is 0 Å². The summed E-state index contributed by atoms with van der Waals surface area (Å²) in [7, 11) is -3.93. The van der Waals surface area contributed by atoms with Crippen molar-refractivity contribution >= 4 is 27.5 Å². The Bertz CT molecular complexity index is 1450. The van der Waals surface area contributed by atoms with E-state index in [1.165, 1.54) is 41.3 Å². The lowest BCUT2D eigenvalue weighted by Crippen LogP contribution is -2.53. The fourth-order valence-electron chi connectivity index (χ4n) is 4.50. The summed E-state index contributed by atoms with van der Waals surface area (Å²) in [4.78, 5) is 29.0. The number of benzene rings is 3. The molecule has 0 radical (unpaired) electrons. The van der Waals surface area contributed by atoms with Crippen LogP contribution in [-0.2, 0) is 32.6 Å². The van der Waals surface area contributed by atoms with Gasteiger partial charge in [-0.2, -0.15) is 0 Å². The third-order valence-corrected chi connectivity index (χ3v) is 7.83. The van der Waals surface area contributed by atoms with Gasteiger partial charge in [-0.05, 0) is 41.8 Å². The van der Waals surface area contributed by atoms with E-state index in [9.17, 15) is 22.4 Å². The molecule has 0 bridgehead atoms. The van der Waals surface area contributed by atoms with Crippen LogP contribution in [0.3, 0.4) is 0 Å². The molecule has 0 saturated carbocycles. The first-order chi connectivity index (χ1) is 19.7. The fourth-order valence-corrected chi connectivity index (χ4v) is 5.34. The van der Waals surface area contributed by atoms with E-state index in [0.29, 0.717) is 23.6 Å². The van der Waals surface area contributed by atoms with Crippen LogP contribution in [0.1, 0.15) is 30.9 Å². The number of carbonyl (C=O) groups is 2. The van der Waals surface area contributed by atoms with E-state index in [-0.39, 0.29) is 31.4 Å². The van der Waals surface area contributed by atoms with Crippen molar-refractivity contribution in [2.75, 3.05) is 30.4 Å². The van der Waals surface area contributed by atoms with Gasteiger partial charge in [0, 0.05) is 25.6 Å². The number of nitrogens with zero attached hydrogens (tertiary/aromatic N) is 2. The van der Waals surface area contributed by atoms with Crippen LogP contribution in [-0.4, -0.2) is 57.3 Å². The summed E-state index contributed by atoms with van der Waals surface area (Å²) >= 11 is 0. The van der Waals surface area contributed by atoms with Crippen molar-refractivity contribution in [3.05, 3.63) is 89.7 Å². The number of hydrogen-bond donors (Lipinski definition) is 1. The summed E-state index contributed by atoms with van der Waals surface area (Å²) in [5, 5.41) is 2.92. The quantitative estimate of drug-likeness (QED) is 0.306. The molecule has 1 N–H and O–H groups in total. The highest BCUT2D eigenvalue weighted by Gasteiger charge is 2.33. The number of ether oxygens (including phenoxy) is 2. The van der Waals surface area contributed by atoms with E-state index < -0.39 is 34.3 Å². The van der Waals surface area contributed by atoms with Crippen LogP contribution < -0.4 is 19.1 Å². The van der Waals surface area contributed by atoms with Crippen LogP contribution in [0.4, 0.5) is 10.1 Å². The zero-order valence-electron chi connectivity index (χ0n) is 23.1. The van der Waals surface area contributed by atoms with Gasteiger partial charge in [0.15, 0.2) is 11.5 Å². The zero-order valence-corrected chi connectivity index (χ0v) is 23.9. The molecule has 9 nitrogen and oxygen atoms in total. The molecule has 0 fully saturated rings. The Morgan fingerprint density at radius 1 is 0.976 bits per heavy atom. The number of rotatable bonds is 13. The summed E-state index contributed by atoms with van der Waals surface area (Å²) in [6.45, 7) is 1.86. The standard InChI is InChI=1S/C30H34FN3O6S/c1-3-4-16-32-30(36)26(17-22-8-6-5-7-9-22)33(19-23-10-12-24(31)13-11-23)29(35)20-34(41(2,37)38)25-14-15-27-28(18-25)40-21-39-27/h5-15,18,26H,3-4,16-17,19-21H2,1-2H3,(H,32,36)/t26-/m1/s1. The molecule has 3 aromatic rings. The number of nitrogens with one attached hydrogen (secondary N) is 1. The highest BCUT2D eigenvalue weighted by molar-refractivity contribution is 7.92. The molecule has 0 saturated heterocycles. The number of unbranched alkanes of at least 4 members (excludes halogenated alkanes) is 1. The van der Waals surface area contributed by atoms with Gasteiger partial charge >= 0.3 is 0 Å². The van der Waals surface area contributed by atoms with Gasteiger partial charge in [-0.3, -0.25) is 13.9 Å². The minimum absolute atomic E-state index is 0.0103. The minimum Gasteiger partial charge on any atom is -0.454 e. The van der Waals surface area contributed by atoms with E-state index in [1.54, 1.807) is 6.07 Å². The molecule has 1 atom stereocenters. The summed E-state index contributed by atoms with van der Waals surface area (Å²) in [6, 6.07) is 18.6. The molecule has 41 heavy (non-hydrogen) atoms. The minimum atomic E-state index is -3.93. The molecule has 0 aliphatic carbocycles. The maximum atomic E-state index is 14.1. The number of sulfonamides is 1. The summed E-state index contributed by atoms with van der Waals surface area (Å²) < 4.78 is 51.2. The summed E-state index contributed by atoms with van der Waals surface area (Å²) in [6.07, 6.45) is 2.85. The van der Waals surface area contributed by atoms with E-state index in [0.717, 1.165) is 29.0 Å². The first kappa shape index (κ1) is 29.9. The molecule has 1 heterocycles. The fraction of sp³-hybridized carbons (Fsp3) is 0.333. The average Bonchev–Trinajstić information content (AvgIpc) is 3.42. The third-order valence-electron chi connectivity index (χ3n) is 6.69. The van der Waals surface area contributed by atoms with E-state index in [1.807, 2.05) is 37.3 Å². The number of hydrogen-bond acceptors (Lipinski definition) is 6. The third kappa shape index (κ3) is 7.97. The molecule has 218 valence electrons. The molecule has 3 aromatic carbocycles. The normalized spacial score (nSPS) is 13.0. The van der Waals surface area contributed by atoms with Gasteiger partial charge in [-0.15, -0.1) is 0 Å². The Kier molecular flexibility index (Phi) is 9.82. The van der Waals surface area contributed by atoms with Gasteiger partial charge in [-0.25, -0.2) is 12.8 Å². The molecular weight excluding hydrogens is 549 g/mol. The molecule has 11 heteroatoms. The molecule has 2 amide bonds. The predicted octanol–water partition coefficient (Wildman–Crippen LogP) is 3.88. The summed E-state index contributed by atoms with van der Waals surface area (Å²) in [5.74, 6) is -0.547. The van der Waals surface area contributed by atoms with Crippen LogP contribution in [0, 0.1) is 5.82 Å². The van der Waals surface area contributed by atoms with E-state index in [4.69, 9.17) is 9.47 Å². The molecule has 1 aliphatic heterocycles. The predicted molar refractivity (Wildman–Crippen MR) is 154 cm³/mol. The van der Waals surface area contributed by atoms with Crippen molar-refractivity contribution in [2.45, 2.75) is 38.8 Å². The highest BCUT2D eigenvalue weighted by Crippen LogP contribution is 2.36. The van der Waals surface area contributed by atoms with Crippen molar-refractivity contribution in [1.82, 2.24) is 10.2 Å². The SMILES string of the molecule is CCCCNC(=O)[C@@H](Cc1ccccc1)N(Cc1ccc(F)cc1)C(=O)CN(c1ccc2c(c1)OCO2)S(C)(=O)=O. The van der Waals surface area contributed by atoms with Crippen molar-refractivity contribution in [2.24, 2.45) is 0 Å². The van der Waals surface area contributed by atoms with Crippen LogP contribution in [0.5, 0.6) is 11.5 Å². The number of anilines is 1. The maximum Gasteiger partial charge on any atom is 0.244 e. The Labute approximate surface area is 239 Å². The van der Waals surface area contributed by atoms with Crippen molar-refractivity contribution in [3.63, 3.8) is 0 Å². The van der Waals surface area contributed by atoms with Crippen molar-refractivity contribution in [1.29, 1.82) is 0 Å². The first-order valence-electron chi connectivity index (χ1n) is 13.4. The second-order valence-corrected chi connectivity index (χ2v) is 11.7. The Morgan fingerprint density at radius 3 is 2.37 bits per heavy atom. The Balaban J connectivity index is 1.70. The van der Waals surface area contributed by atoms with Crippen LogP contribution in [0.15, 0.2) is 72.8 Å². The largest absolute Gasteiger partial charge is 0.454 e. The number of carbonyl (C=O) groups excluding carboxylic acids is 2. The molecule has 0 spiro atoms.